The topological polar surface area (TPSA) is 9.23 Å². The molecule has 1 nitrogen and oxygen atoms in total. The van der Waals surface area contributed by atoms with Gasteiger partial charge in [-0.1, -0.05) is 62.3 Å². The predicted octanol–water partition coefficient (Wildman–Crippen LogP) is 4.58. The lowest BCUT2D eigenvalue weighted by molar-refractivity contribution is 0.212. The zero-order chi connectivity index (χ0) is 11.7. The Hall–Kier alpha value is 0.207. The van der Waals surface area contributed by atoms with Crippen LogP contribution >= 0.6 is 11.6 Å². The lowest BCUT2D eigenvalue weighted by Gasteiger charge is -2.21. The Bertz CT molecular complexity index is 185. The fourth-order valence-corrected chi connectivity index (χ4v) is 3.26. The normalized spacial score (nSPS) is 13.3. The summed E-state index contributed by atoms with van der Waals surface area (Å²) in [7, 11) is -1.15. The molecule has 0 N–H and O–H groups in total. The van der Waals surface area contributed by atoms with Crippen LogP contribution in [0.15, 0.2) is 11.3 Å². The van der Waals surface area contributed by atoms with Crippen LogP contribution in [-0.4, -0.2) is 20.7 Å². The Morgan fingerprint density at radius 2 is 1.93 bits per heavy atom. The second-order valence-corrected chi connectivity index (χ2v) is 10.3. The highest BCUT2D eigenvalue weighted by molar-refractivity contribution is 6.83. The van der Waals surface area contributed by atoms with Crippen molar-refractivity contribution >= 4 is 19.7 Å². The minimum Gasteiger partial charge on any atom is -0.362 e. The molecule has 0 radical (unpaired) electrons. The lowest BCUT2D eigenvalue weighted by Crippen LogP contribution is -2.24. The molecule has 0 aromatic heterocycles. The Morgan fingerprint density at radius 1 is 1.27 bits per heavy atom. The van der Waals surface area contributed by atoms with Gasteiger partial charge in [-0.25, -0.2) is 0 Å². The van der Waals surface area contributed by atoms with Crippen LogP contribution in [0, 0.1) is 0 Å². The maximum Gasteiger partial charge on any atom is 0.121 e. The predicted molar refractivity (Wildman–Crippen MR) is 72.2 cm³/mol. The molecule has 0 aliphatic carbocycles. The second-order valence-electron chi connectivity index (χ2n) is 4.92. The summed E-state index contributed by atoms with van der Waals surface area (Å²) >= 11 is 5.49. The average Bonchev–Trinajstić information content (AvgIpc) is 2.14. The first kappa shape index (κ1) is 15.2. The smallest absolute Gasteiger partial charge is 0.121 e. The van der Waals surface area contributed by atoms with E-state index in [-0.39, 0.29) is 0 Å². The van der Waals surface area contributed by atoms with Crippen molar-refractivity contribution < 1.29 is 4.74 Å². The lowest BCUT2D eigenvalue weighted by atomic mass is 10.2. The third-order valence-corrected chi connectivity index (χ3v) is 5.07. The molecule has 3 heteroatoms. The summed E-state index contributed by atoms with van der Waals surface area (Å²) in [4.78, 5) is 0. The molecule has 0 fully saturated rings. The van der Waals surface area contributed by atoms with Gasteiger partial charge in [0.15, 0.2) is 0 Å². The van der Waals surface area contributed by atoms with Crippen molar-refractivity contribution in [3.63, 3.8) is 0 Å². The standard InChI is InChI=1S/C12H25ClOSi/c1-5-6-7-8-12(15(2,3)4)9-10-14-11-13/h9H,5-8,10-11H2,1-4H3/b12-9+. The van der Waals surface area contributed by atoms with E-state index in [1.54, 1.807) is 5.20 Å². The molecule has 0 aliphatic rings. The van der Waals surface area contributed by atoms with E-state index in [0.717, 1.165) is 0 Å². The summed E-state index contributed by atoms with van der Waals surface area (Å²) in [5, 5.41) is 1.63. The number of unbranched alkanes of at least 4 members (excludes halogenated alkanes) is 2. The number of hydrogen-bond acceptors (Lipinski definition) is 1. The van der Waals surface area contributed by atoms with E-state index in [0.29, 0.717) is 12.7 Å². The van der Waals surface area contributed by atoms with Gasteiger partial charge in [0, 0.05) is 0 Å². The van der Waals surface area contributed by atoms with Gasteiger partial charge >= 0.3 is 0 Å². The van der Waals surface area contributed by atoms with Crippen molar-refractivity contribution in [2.45, 2.75) is 52.2 Å². The van der Waals surface area contributed by atoms with Crippen LogP contribution < -0.4 is 0 Å². The van der Waals surface area contributed by atoms with Crippen LogP contribution in [0.25, 0.3) is 0 Å². The van der Waals surface area contributed by atoms with Gasteiger partial charge in [0.25, 0.3) is 0 Å². The molecule has 0 unspecified atom stereocenters. The number of rotatable bonds is 8. The maximum atomic E-state index is 5.49. The summed E-state index contributed by atoms with van der Waals surface area (Å²) in [6.07, 6.45) is 7.43. The van der Waals surface area contributed by atoms with E-state index in [1.165, 1.54) is 25.7 Å². The zero-order valence-corrected chi connectivity index (χ0v) is 12.4. The molecule has 15 heavy (non-hydrogen) atoms. The number of allylic oxidation sites excluding steroid dienone is 1. The van der Waals surface area contributed by atoms with E-state index >= 15 is 0 Å². The number of alkyl halides is 1. The zero-order valence-electron chi connectivity index (χ0n) is 10.6. The number of halogens is 1. The molecule has 0 amide bonds. The molecule has 90 valence electrons. The summed E-state index contributed by atoms with van der Waals surface area (Å²) in [5.74, 6) is 0. The molecule has 0 aromatic carbocycles. The van der Waals surface area contributed by atoms with Crippen molar-refractivity contribution in [2.75, 3.05) is 12.7 Å². The van der Waals surface area contributed by atoms with E-state index in [1.807, 2.05) is 0 Å². The Kier molecular flexibility index (Phi) is 8.48. The van der Waals surface area contributed by atoms with Crippen LogP contribution in [0.4, 0.5) is 0 Å². The van der Waals surface area contributed by atoms with E-state index < -0.39 is 8.07 Å². The molecule has 0 spiro atoms. The van der Waals surface area contributed by atoms with Crippen LogP contribution in [0.3, 0.4) is 0 Å². The van der Waals surface area contributed by atoms with Crippen molar-refractivity contribution in [3.8, 4) is 0 Å². The molecular formula is C12H25ClOSi. The number of ether oxygens (including phenoxy) is 1. The van der Waals surface area contributed by atoms with E-state index in [9.17, 15) is 0 Å². The molecule has 0 rings (SSSR count). The minimum absolute atomic E-state index is 0.296. The third-order valence-electron chi connectivity index (χ3n) is 2.54. The summed E-state index contributed by atoms with van der Waals surface area (Å²) < 4.78 is 5.18. The molecular weight excluding hydrogens is 224 g/mol. The SMILES string of the molecule is CCCCC/C(=C\COCCl)[Si](C)(C)C. The van der Waals surface area contributed by atoms with E-state index in [2.05, 4.69) is 32.6 Å². The van der Waals surface area contributed by atoms with Gasteiger partial charge in [-0.15, -0.1) is 0 Å². The fraction of sp³-hybridized carbons (Fsp3) is 0.833. The van der Waals surface area contributed by atoms with Crippen molar-refractivity contribution in [1.29, 1.82) is 0 Å². The largest absolute Gasteiger partial charge is 0.362 e. The van der Waals surface area contributed by atoms with Crippen LogP contribution in [0.5, 0.6) is 0 Å². The monoisotopic (exact) mass is 248 g/mol. The third kappa shape index (κ3) is 8.06. The van der Waals surface area contributed by atoms with Gasteiger partial charge in [-0.05, 0) is 12.8 Å². The molecule has 0 bridgehead atoms. The van der Waals surface area contributed by atoms with Crippen LogP contribution in [0.1, 0.15) is 32.6 Å². The molecule has 0 aromatic rings. The minimum atomic E-state index is -1.15. The first-order chi connectivity index (χ1) is 7.02. The summed E-state index contributed by atoms with van der Waals surface area (Å²) in [5.41, 5.74) is 0. The quantitative estimate of drug-likeness (QED) is 0.347. The molecule has 0 saturated carbocycles. The second kappa shape index (κ2) is 8.37. The maximum absolute atomic E-state index is 5.49. The highest BCUT2D eigenvalue weighted by atomic mass is 35.5. The van der Waals surface area contributed by atoms with Gasteiger partial charge in [-0.2, -0.15) is 0 Å². The van der Waals surface area contributed by atoms with Gasteiger partial charge < -0.3 is 4.74 Å². The first-order valence-corrected chi connectivity index (χ1v) is 9.89. The van der Waals surface area contributed by atoms with Crippen molar-refractivity contribution in [3.05, 3.63) is 11.3 Å². The Balaban J connectivity index is 4.13. The molecule has 0 saturated heterocycles. The van der Waals surface area contributed by atoms with E-state index in [4.69, 9.17) is 16.3 Å². The molecule has 0 aliphatic heterocycles. The summed E-state index contributed by atoms with van der Waals surface area (Å²) in [6, 6.07) is 0.296. The molecule has 0 heterocycles. The Labute approximate surface area is 101 Å². The van der Waals surface area contributed by atoms with Gasteiger partial charge in [0.1, 0.15) is 6.07 Å². The van der Waals surface area contributed by atoms with Gasteiger partial charge in [0.2, 0.25) is 0 Å². The van der Waals surface area contributed by atoms with Crippen molar-refractivity contribution in [1.82, 2.24) is 0 Å². The van der Waals surface area contributed by atoms with Gasteiger partial charge in [-0.3, -0.25) is 0 Å². The average molecular weight is 249 g/mol. The molecule has 0 atom stereocenters. The van der Waals surface area contributed by atoms with Gasteiger partial charge in [0.05, 0.1) is 14.7 Å². The highest BCUT2D eigenvalue weighted by Gasteiger charge is 2.18. The summed E-state index contributed by atoms with van der Waals surface area (Å²) in [6.45, 7) is 10.1. The fourth-order valence-electron chi connectivity index (χ4n) is 1.55. The van der Waals surface area contributed by atoms with Crippen LogP contribution in [-0.2, 0) is 4.74 Å². The number of hydrogen-bond donors (Lipinski definition) is 0. The van der Waals surface area contributed by atoms with Crippen LogP contribution in [0.2, 0.25) is 19.6 Å². The Morgan fingerprint density at radius 3 is 2.40 bits per heavy atom. The highest BCUT2D eigenvalue weighted by Crippen LogP contribution is 2.20. The first-order valence-electron chi connectivity index (χ1n) is 5.85. The van der Waals surface area contributed by atoms with Crippen molar-refractivity contribution in [2.24, 2.45) is 0 Å².